The molecular formula is C28H16N2O4. The van der Waals surface area contributed by atoms with Crippen molar-refractivity contribution in [2.45, 2.75) is 0 Å². The van der Waals surface area contributed by atoms with Gasteiger partial charge in [-0.3, -0.25) is 19.2 Å². The van der Waals surface area contributed by atoms with Crippen molar-refractivity contribution in [3.05, 3.63) is 119 Å². The van der Waals surface area contributed by atoms with Crippen LogP contribution >= 0.6 is 0 Å². The highest BCUT2D eigenvalue weighted by atomic mass is 16.2. The second-order valence-corrected chi connectivity index (χ2v) is 8.08. The Labute approximate surface area is 194 Å². The number of benzene rings is 4. The maximum absolute atomic E-state index is 12.9. The molecule has 0 aliphatic carbocycles. The summed E-state index contributed by atoms with van der Waals surface area (Å²) in [6.45, 7) is 0. The van der Waals surface area contributed by atoms with Crippen molar-refractivity contribution in [3.8, 4) is 11.1 Å². The Morgan fingerprint density at radius 3 is 1.03 bits per heavy atom. The maximum atomic E-state index is 12.9. The van der Waals surface area contributed by atoms with Gasteiger partial charge in [-0.15, -0.1) is 0 Å². The molecule has 34 heavy (non-hydrogen) atoms. The van der Waals surface area contributed by atoms with E-state index in [-0.39, 0.29) is 23.6 Å². The highest BCUT2D eigenvalue weighted by molar-refractivity contribution is 6.35. The number of nitrogens with zero attached hydrogens (tertiary/aromatic N) is 2. The fourth-order valence-corrected chi connectivity index (χ4v) is 4.50. The third-order valence-corrected chi connectivity index (χ3v) is 6.13. The van der Waals surface area contributed by atoms with Gasteiger partial charge in [-0.2, -0.15) is 0 Å². The summed E-state index contributed by atoms with van der Waals surface area (Å²) in [4.78, 5) is 53.9. The van der Waals surface area contributed by atoms with Crippen molar-refractivity contribution in [1.29, 1.82) is 0 Å². The van der Waals surface area contributed by atoms with Crippen LogP contribution in [-0.4, -0.2) is 23.6 Å². The second-order valence-electron chi connectivity index (χ2n) is 8.08. The minimum Gasteiger partial charge on any atom is -0.268 e. The van der Waals surface area contributed by atoms with Crippen LogP contribution in [0, 0.1) is 0 Å². The van der Waals surface area contributed by atoms with E-state index in [0.29, 0.717) is 33.6 Å². The summed E-state index contributed by atoms with van der Waals surface area (Å²) >= 11 is 0. The fraction of sp³-hybridized carbons (Fsp3) is 0. The van der Waals surface area contributed by atoms with Crippen LogP contribution in [0.2, 0.25) is 0 Å². The van der Waals surface area contributed by atoms with Gasteiger partial charge in [0.25, 0.3) is 23.6 Å². The Morgan fingerprint density at radius 1 is 0.382 bits per heavy atom. The number of hydrogen-bond acceptors (Lipinski definition) is 4. The van der Waals surface area contributed by atoms with E-state index < -0.39 is 0 Å². The molecule has 0 atom stereocenters. The molecule has 2 heterocycles. The summed E-state index contributed by atoms with van der Waals surface area (Å²) < 4.78 is 0. The van der Waals surface area contributed by atoms with E-state index >= 15 is 0 Å². The number of fused-ring (bicyclic) bond motifs is 2. The Balaban J connectivity index is 1.37. The molecule has 4 aromatic carbocycles. The van der Waals surface area contributed by atoms with E-state index in [9.17, 15) is 19.2 Å². The van der Waals surface area contributed by atoms with Crippen LogP contribution in [0.1, 0.15) is 41.4 Å². The van der Waals surface area contributed by atoms with Gasteiger partial charge in [0.1, 0.15) is 0 Å². The van der Waals surface area contributed by atoms with Crippen LogP contribution in [0.3, 0.4) is 0 Å². The highest BCUT2D eigenvalue weighted by Crippen LogP contribution is 2.34. The van der Waals surface area contributed by atoms with E-state index in [4.69, 9.17) is 0 Å². The standard InChI is InChI=1S/C28H16N2O4/c31-25-21-11-1-2-12-22(21)26(32)29(25)19-9-5-7-17(15-19)18-8-6-10-20(16-18)30-27(33)23-13-3-4-14-24(23)28(30)34/h1-16H. The lowest BCUT2D eigenvalue weighted by atomic mass is 10.0. The van der Waals surface area contributed by atoms with Gasteiger partial charge in [-0.1, -0.05) is 48.5 Å². The summed E-state index contributed by atoms with van der Waals surface area (Å²) in [5.41, 5.74) is 3.91. The minimum absolute atomic E-state index is 0.363. The predicted molar refractivity (Wildman–Crippen MR) is 127 cm³/mol. The Kier molecular flexibility index (Phi) is 4.28. The second kappa shape index (κ2) is 7.35. The minimum atomic E-state index is -0.363. The Bertz CT molecular complexity index is 1370. The summed E-state index contributed by atoms with van der Waals surface area (Å²) in [6.07, 6.45) is 0. The molecule has 0 saturated carbocycles. The lowest BCUT2D eigenvalue weighted by Crippen LogP contribution is -2.29. The normalized spacial score (nSPS) is 14.6. The molecule has 6 rings (SSSR count). The molecule has 6 nitrogen and oxygen atoms in total. The summed E-state index contributed by atoms with van der Waals surface area (Å²) in [7, 11) is 0. The summed E-state index contributed by atoms with van der Waals surface area (Å²) in [5.74, 6) is -1.45. The molecule has 2 aliphatic rings. The maximum Gasteiger partial charge on any atom is 0.266 e. The van der Waals surface area contributed by atoms with Crippen LogP contribution in [0.4, 0.5) is 11.4 Å². The van der Waals surface area contributed by atoms with Gasteiger partial charge in [0.15, 0.2) is 0 Å². The molecule has 0 fully saturated rings. The molecule has 0 unspecified atom stereocenters. The zero-order valence-electron chi connectivity index (χ0n) is 17.8. The van der Waals surface area contributed by atoms with E-state index in [0.717, 1.165) is 11.1 Å². The average molecular weight is 444 g/mol. The number of carbonyl (C=O) groups is 4. The third kappa shape index (κ3) is 2.82. The van der Waals surface area contributed by atoms with Crippen molar-refractivity contribution < 1.29 is 19.2 Å². The van der Waals surface area contributed by atoms with Gasteiger partial charge < -0.3 is 0 Å². The number of anilines is 2. The zero-order valence-corrected chi connectivity index (χ0v) is 17.8. The number of amides is 4. The molecule has 0 spiro atoms. The number of hydrogen-bond donors (Lipinski definition) is 0. The molecule has 4 amide bonds. The fourth-order valence-electron chi connectivity index (χ4n) is 4.50. The lowest BCUT2D eigenvalue weighted by Gasteiger charge is -2.17. The Hall–Kier alpha value is -4.84. The van der Waals surface area contributed by atoms with Gasteiger partial charge in [0.2, 0.25) is 0 Å². The zero-order chi connectivity index (χ0) is 23.4. The topological polar surface area (TPSA) is 74.8 Å². The van der Waals surface area contributed by atoms with Crippen LogP contribution < -0.4 is 9.80 Å². The van der Waals surface area contributed by atoms with Crippen LogP contribution in [-0.2, 0) is 0 Å². The number of carbonyl (C=O) groups excluding carboxylic acids is 4. The average Bonchev–Trinajstić information content (AvgIpc) is 3.29. The molecular weight excluding hydrogens is 428 g/mol. The molecule has 0 N–H and O–H groups in total. The smallest absolute Gasteiger partial charge is 0.266 e. The van der Waals surface area contributed by atoms with Crippen LogP contribution in [0.25, 0.3) is 11.1 Å². The predicted octanol–water partition coefficient (Wildman–Crippen LogP) is 4.95. The van der Waals surface area contributed by atoms with Crippen molar-refractivity contribution in [3.63, 3.8) is 0 Å². The molecule has 162 valence electrons. The first-order valence-electron chi connectivity index (χ1n) is 10.7. The van der Waals surface area contributed by atoms with Crippen LogP contribution in [0.5, 0.6) is 0 Å². The SMILES string of the molecule is O=C1c2ccccc2C(=O)N1c1cccc(-c2cccc(N3C(=O)c4ccccc4C3=O)c2)c1. The molecule has 0 saturated heterocycles. The molecule has 6 heteroatoms. The first kappa shape index (κ1) is 19.8. The lowest BCUT2D eigenvalue weighted by molar-refractivity contribution is 0.0910. The summed E-state index contributed by atoms with van der Waals surface area (Å²) in [5, 5.41) is 0. The highest BCUT2D eigenvalue weighted by Gasteiger charge is 2.37. The van der Waals surface area contributed by atoms with Crippen molar-refractivity contribution in [2.75, 3.05) is 9.80 Å². The number of imide groups is 2. The van der Waals surface area contributed by atoms with E-state index in [1.165, 1.54) is 9.80 Å². The van der Waals surface area contributed by atoms with Gasteiger partial charge in [-0.25, -0.2) is 9.80 Å². The molecule has 0 bridgehead atoms. The van der Waals surface area contributed by atoms with E-state index in [1.54, 1.807) is 84.9 Å². The largest absolute Gasteiger partial charge is 0.268 e. The monoisotopic (exact) mass is 444 g/mol. The Morgan fingerprint density at radius 2 is 0.706 bits per heavy atom. The van der Waals surface area contributed by atoms with Gasteiger partial charge in [0.05, 0.1) is 33.6 Å². The van der Waals surface area contributed by atoms with Gasteiger partial charge in [0, 0.05) is 0 Å². The van der Waals surface area contributed by atoms with Crippen molar-refractivity contribution in [2.24, 2.45) is 0 Å². The third-order valence-electron chi connectivity index (χ3n) is 6.13. The van der Waals surface area contributed by atoms with Crippen molar-refractivity contribution >= 4 is 35.0 Å². The summed E-state index contributed by atoms with van der Waals surface area (Å²) in [6, 6.07) is 27.7. The van der Waals surface area contributed by atoms with Crippen molar-refractivity contribution in [1.82, 2.24) is 0 Å². The molecule has 4 aromatic rings. The molecule has 2 aliphatic heterocycles. The van der Waals surface area contributed by atoms with E-state index in [2.05, 4.69) is 0 Å². The molecule has 0 aromatic heterocycles. The molecule has 0 radical (unpaired) electrons. The quantitative estimate of drug-likeness (QED) is 0.419. The number of rotatable bonds is 3. The van der Waals surface area contributed by atoms with Gasteiger partial charge >= 0.3 is 0 Å². The van der Waals surface area contributed by atoms with Gasteiger partial charge in [-0.05, 0) is 59.7 Å². The first-order chi connectivity index (χ1) is 16.5. The first-order valence-corrected chi connectivity index (χ1v) is 10.7. The van der Waals surface area contributed by atoms with Crippen LogP contribution in [0.15, 0.2) is 97.1 Å². The van der Waals surface area contributed by atoms with E-state index in [1.807, 2.05) is 12.1 Å².